The van der Waals surface area contributed by atoms with E-state index in [1.54, 1.807) is 16.4 Å². The summed E-state index contributed by atoms with van der Waals surface area (Å²) in [6, 6.07) is 7.16. The molecule has 1 aliphatic carbocycles. The van der Waals surface area contributed by atoms with Gasteiger partial charge >= 0.3 is 0 Å². The number of hydrogen-bond donors (Lipinski definition) is 0. The number of benzene rings is 1. The van der Waals surface area contributed by atoms with Crippen molar-refractivity contribution < 1.29 is 8.42 Å². The fourth-order valence-corrected chi connectivity index (χ4v) is 5.03. The van der Waals surface area contributed by atoms with Crippen LogP contribution in [0.15, 0.2) is 41.3 Å². The Hall–Kier alpha value is -1.13. The van der Waals surface area contributed by atoms with Crippen LogP contribution in [0.25, 0.3) is 0 Å². The Labute approximate surface area is 115 Å². The zero-order valence-corrected chi connectivity index (χ0v) is 12.0. The molecule has 1 saturated heterocycles. The van der Waals surface area contributed by atoms with Crippen molar-refractivity contribution in [1.82, 2.24) is 4.31 Å². The number of nitrogens with zero attached hydrogens (tertiary/aromatic N) is 1. The molecule has 0 amide bonds. The molecule has 0 N–H and O–H groups in total. The third-order valence-electron chi connectivity index (χ3n) is 4.25. The smallest absolute Gasteiger partial charge is 0.207 e. The van der Waals surface area contributed by atoms with Crippen molar-refractivity contribution in [2.24, 2.45) is 0 Å². The topological polar surface area (TPSA) is 37.4 Å². The normalized spacial score (nSPS) is 27.4. The molecular formula is C15H19NO2S. The van der Waals surface area contributed by atoms with Crippen LogP contribution in [0.2, 0.25) is 0 Å². The van der Waals surface area contributed by atoms with E-state index < -0.39 is 10.0 Å². The van der Waals surface area contributed by atoms with Crippen LogP contribution < -0.4 is 0 Å². The number of allylic oxidation sites excluding steroid dienone is 1. The summed E-state index contributed by atoms with van der Waals surface area (Å²) in [6.07, 6.45) is 8.04. The maximum Gasteiger partial charge on any atom is 0.243 e. The van der Waals surface area contributed by atoms with Gasteiger partial charge in [0.05, 0.1) is 10.4 Å². The molecule has 0 bridgehead atoms. The molecule has 3 rings (SSSR count). The molecule has 3 nitrogen and oxygen atoms in total. The Morgan fingerprint density at radius 1 is 1.16 bits per heavy atom. The van der Waals surface area contributed by atoms with Crippen LogP contribution in [0.4, 0.5) is 0 Å². The first kappa shape index (κ1) is 12.9. The van der Waals surface area contributed by atoms with Gasteiger partial charge in [-0.05, 0) is 44.7 Å². The predicted octanol–water partition coefficient (Wildman–Crippen LogP) is 2.87. The summed E-state index contributed by atoms with van der Waals surface area (Å²) in [7, 11) is -3.37. The van der Waals surface area contributed by atoms with E-state index in [9.17, 15) is 8.42 Å². The molecule has 1 aliphatic heterocycles. The molecule has 1 fully saturated rings. The third kappa shape index (κ3) is 2.03. The van der Waals surface area contributed by atoms with Gasteiger partial charge in [0, 0.05) is 6.54 Å². The maximum atomic E-state index is 12.8. The molecule has 1 aromatic carbocycles. The summed E-state index contributed by atoms with van der Waals surface area (Å²) in [6.45, 7) is 2.61. The summed E-state index contributed by atoms with van der Waals surface area (Å²) in [4.78, 5) is 0.416. The van der Waals surface area contributed by atoms with Gasteiger partial charge < -0.3 is 0 Å². The van der Waals surface area contributed by atoms with Crippen LogP contribution >= 0.6 is 0 Å². The molecule has 19 heavy (non-hydrogen) atoms. The van der Waals surface area contributed by atoms with Crippen molar-refractivity contribution in [2.45, 2.75) is 43.0 Å². The Morgan fingerprint density at radius 2 is 1.89 bits per heavy atom. The van der Waals surface area contributed by atoms with E-state index in [1.165, 1.54) is 0 Å². The average Bonchev–Trinajstić information content (AvgIpc) is 3.01. The van der Waals surface area contributed by atoms with E-state index in [2.05, 4.69) is 12.2 Å². The zero-order chi connectivity index (χ0) is 13.5. The summed E-state index contributed by atoms with van der Waals surface area (Å²) in [5.74, 6) is 0. The standard InChI is InChI=1S/C15H19NO2S/c1-13-5-7-14(8-6-13)19(17,18)16-12-4-11-15(16)9-2-3-10-15/h2,5-9H,3-4,10-12H2,1H3/t15-/m1/s1. The summed E-state index contributed by atoms with van der Waals surface area (Å²) < 4.78 is 27.3. The summed E-state index contributed by atoms with van der Waals surface area (Å²) in [5, 5.41) is 0. The van der Waals surface area contributed by atoms with E-state index in [1.807, 2.05) is 19.1 Å². The lowest BCUT2D eigenvalue weighted by Gasteiger charge is -2.32. The van der Waals surface area contributed by atoms with E-state index in [0.29, 0.717) is 11.4 Å². The fourth-order valence-electron chi connectivity index (χ4n) is 3.21. The second-order valence-electron chi connectivity index (χ2n) is 5.54. The predicted molar refractivity (Wildman–Crippen MR) is 75.4 cm³/mol. The van der Waals surface area contributed by atoms with E-state index in [-0.39, 0.29) is 5.54 Å². The van der Waals surface area contributed by atoms with Crippen LogP contribution in [0.1, 0.15) is 31.2 Å². The second-order valence-corrected chi connectivity index (χ2v) is 7.40. The SMILES string of the molecule is Cc1ccc(S(=O)(=O)N2CCC[C@]23C=CCC3)cc1. The average molecular weight is 277 g/mol. The molecule has 1 spiro atoms. The molecule has 102 valence electrons. The highest BCUT2D eigenvalue weighted by atomic mass is 32.2. The molecule has 1 atom stereocenters. The van der Waals surface area contributed by atoms with Crippen molar-refractivity contribution >= 4 is 10.0 Å². The first-order valence-corrected chi connectivity index (χ1v) is 8.26. The van der Waals surface area contributed by atoms with Gasteiger partial charge in [-0.2, -0.15) is 4.31 Å². The highest BCUT2D eigenvalue weighted by molar-refractivity contribution is 7.89. The Kier molecular flexibility index (Phi) is 3.02. The van der Waals surface area contributed by atoms with Gasteiger partial charge in [0.2, 0.25) is 10.0 Å². The van der Waals surface area contributed by atoms with Gasteiger partial charge in [-0.1, -0.05) is 29.8 Å². The van der Waals surface area contributed by atoms with Gasteiger partial charge in [0.1, 0.15) is 0 Å². The van der Waals surface area contributed by atoms with Gasteiger partial charge in [0.25, 0.3) is 0 Å². The molecule has 4 heteroatoms. The van der Waals surface area contributed by atoms with Crippen molar-refractivity contribution in [1.29, 1.82) is 0 Å². The Balaban J connectivity index is 2.00. The largest absolute Gasteiger partial charge is 0.243 e. The second kappa shape index (κ2) is 4.46. The van der Waals surface area contributed by atoms with E-state index >= 15 is 0 Å². The highest BCUT2D eigenvalue weighted by Crippen LogP contribution is 2.42. The van der Waals surface area contributed by atoms with Gasteiger partial charge in [-0.25, -0.2) is 8.42 Å². The molecule has 2 aliphatic rings. The van der Waals surface area contributed by atoms with Crippen LogP contribution in [-0.4, -0.2) is 24.8 Å². The monoisotopic (exact) mass is 277 g/mol. The molecule has 0 saturated carbocycles. The number of rotatable bonds is 2. The van der Waals surface area contributed by atoms with Crippen LogP contribution in [0.3, 0.4) is 0 Å². The first-order chi connectivity index (χ1) is 9.05. The van der Waals surface area contributed by atoms with Crippen molar-refractivity contribution in [3.05, 3.63) is 42.0 Å². The zero-order valence-electron chi connectivity index (χ0n) is 11.2. The van der Waals surface area contributed by atoms with E-state index in [0.717, 1.165) is 31.2 Å². The lowest BCUT2D eigenvalue weighted by Crippen LogP contribution is -2.44. The van der Waals surface area contributed by atoms with Gasteiger partial charge in [0.15, 0.2) is 0 Å². The minimum Gasteiger partial charge on any atom is -0.207 e. The third-order valence-corrected chi connectivity index (χ3v) is 6.24. The quantitative estimate of drug-likeness (QED) is 0.780. The molecule has 0 radical (unpaired) electrons. The summed E-state index contributed by atoms with van der Waals surface area (Å²) in [5.41, 5.74) is 0.833. The highest BCUT2D eigenvalue weighted by Gasteiger charge is 2.46. The molecule has 1 aromatic rings. The Bertz CT molecular complexity index is 604. The first-order valence-electron chi connectivity index (χ1n) is 6.82. The maximum absolute atomic E-state index is 12.8. The minimum absolute atomic E-state index is 0.246. The van der Waals surface area contributed by atoms with Crippen LogP contribution in [0.5, 0.6) is 0 Å². The number of aryl methyl sites for hydroxylation is 1. The van der Waals surface area contributed by atoms with E-state index in [4.69, 9.17) is 0 Å². The van der Waals surface area contributed by atoms with Crippen LogP contribution in [-0.2, 0) is 10.0 Å². The fraction of sp³-hybridized carbons (Fsp3) is 0.467. The van der Waals surface area contributed by atoms with Crippen molar-refractivity contribution in [2.75, 3.05) is 6.54 Å². The molecule has 0 aromatic heterocycles. The molecule has 1 heterocycles. The minimum atomic E-state index is -3.37. The lowest BCUT2D eigenvalue weighted by atomic mass is 9.97. The lowest BCUT2D eigenvalue weighted by molar-refractivity contribution is 0.299. The summed E-state index contributed by atoms with van der Waals surface area (Å²) >= 11 is 0. The van der Waals surface area contributed by atoms with Gasteiger partial charge in [-0.15, -0.1) is 0 Å². The van der Waals surface area contributed by atoms with Crippen molar-refractivity contribution in [3.63, 3.8) is 0 Å². The molecule has 0 unspecified atom stereocenters. The number of hydrogen-bond acceptors (Lipinski definition) is 2. The van der Waals surface area contributed by atoms with Gasteiger partial charge in [-0.3, -0.25) is 0 Å². The van der Waals surface area contributed by atoms with Crippen LogP contribution in [0, 0.1) is 6.92 Å². The number of sulfonamides is 1. The van der Waals surface area contributed by atoms with Crippen molar-refractivity contribution in [3.8, 4) is 0 Å². The molecular weight excluding hydrogens is 258 g/mol. The Morgan fingerprint density at radius 3 is 2.53 bits per heavy atom.